The number of rotatable bonds is 3. The molecule has 7 heteroatoms. The van der Waals surface area contributed by atoms with Crippen LogP contribution in [-0.4, -0.2) is 36.2 Å². The monoisotopic (exact) mass is 325 g/mol. The second-order valence-corrected chi connectivity index (χ2v) is 4.61. The first-order chi connectivity index (χ1) is 8.65. The molecule has 1 aliphatic heterocycles. The molecule has 116 valence electrons. The molecule has 4 nitrogen and oxygen atoms in total. The van der Waals surface area contributed by atoms with E-state index in [1.54, 1.807) is 6.07 Å². The van der Waals surface area contributed by atoms with Crippen LogP contribution in [0, 0.1) is 5.82 Å². The zero-order valence-corrected chi connectivity index (χ0v) is 13.1. The van der Waals surface area contributed by atoms with Crippen LogP contribution in [0.25, 0.3) is 0 Å². The summed E-state index contributed by atoms with van der Waals surface area (Å²) in [4.78, 5) is 2.29. The van der Waals surface area contributed by atoms with Crippen LogP contribution in [0.3, 0.4) is 0 Å². The topological polar surface area (TPSA) is 61.5 Å². The number of nitrogens with zero attached hydrogens (tertiary/aromatic N) is 1. The molecule has 1 atom stereocenters. The Hall–Kier alpha value is -0.750. The second kappa shape index (κ2) is 8.52. The Balaban J connectivity index is 0.00000180. The van der Waals surface area contributed by atoms with Crippen molar-refractivity contribution in [1.82, 2.24) is 10.2 Å². The van der Waals surface area contributed by atoms with E-state index in [0.29, 0.717) is 0 Å². The summed E-state index contributed by atoms with van der Waals surface area (Å²) in [7, 11) is 0. The van der Waals surface area contributed by atoms with Gasteiger partial charge in [-0.05, 0) is 12.5 Å². The fourth-order valence-electron chi connectivity index (χ4n) is 2.54. The number of aromatic hydroxyl groups is 1. The molecule has 0 radical (unpaired) electrons. The van der Waals surface area contributed by atoms with Crippen molar-refractivity contribution in [3.63, 3.8) is 0 Å². The van der Waals surface area contributed by atoms with Crippen LogP contribution >= 0.6 is 24.8 Å². The molecule has 0 amide bonds. The lowest BCUT2D eigenvalue weighted by atomic mass is 10.00. The van der Waals surface area contributed by atoms with Crippen LogP contribution in [0.5, 0.6) is 5.75 Å². The first-order valence-electron chi connectivity index (χ1n) is 6.36. The molecule has 1 aromatic carbocycles. The third-order valence-corrected chi connectivity index (χ3v) is 3.53. The van der Waals surface area contributed by atoms with Gasteiger partial charge in [-0.2, -0.15) is 0 Å². The molecule has 1 fully saturated rings. The molecule has 1 heterocycles. The molecule has 1 saturated heterocycles. The predicted octanol–water partition coefficient (Wildman–Crippen LogP) is 2.31. The van der Waals surface area contributed by atoms with E-state index in [0.717, 1.165) is 38.2 Å². The highest BCUT2D eigenvalue weighted by atomic mass is 35.5. The number of nitrogen functional groups attached to an aromatic ring is 1. The Morgan fingerprint density at radius 2 is 1.95 bits per heavy atom. The third-order valence-electron chi connectivity index (χ3n) is 3.53. The van der Waals surface area contributed by atoms with Gasteiger partial charge < -0.3 is 16.2 Å². The van der Waals surface area contributed by atoms with E-state index in [1.165, 1.54) is 6.07 Å². The van der Waals surface area contributed by atoms with Gasteiger partial charge >= 0.3 is 0 Å². The van der Waals surface area contributed by atoms with Gasteiger partial charge in [0.25, 0.3) is 0 Å². The Morgan fingerprint density at radius 1 is 1.35 bits per heavy atom. The second-order valence-electron chi connectivity index (χ2n) is 4.61. The van der Waals surface area contributed by atoms with E-state index < -0.39 is 5.82 Å². The number of piperazine rings is 1. The van der Waals surface area contributed by atoms with Crippen LogP contribution in [-0.2, 0) is 0 Å². The van der Waals surface area contributed by atoms with Crippen LogP contribution in [0.2, 0.25) is 0 Å². The fraction of sp³-hybridized carbons (Fsp3) is 0.538. The van der Waals surface area contributed by atoms with Crippen molar-refractivity contribution in [2.24, 2.45) is 0 Å². The van der Waals surface area contributed by atoms with Crippen molar-refractivity contribution in [3.05, 3.63) is 23.5 Å². The summed E-state index contributed by atoms with van der Waals surface area (Å²) in [6.07, 6.45) is 0.860. The standard InChI is InChI=1S/C13H20FN3O.2ClH/c1-2-11(17-7-5-16-6-8-17)9-3-4-10(14)12(15)13(9)18;;/h3-4,11,16,18H,2,5-8,15H2,1H3;2*1H/t11-;;/m1../s1. The molecule has 1 aliphatic rings. The highest BCUT2D eigenvalue weighted by molar-refractivity contribution is 5.85. The summed E-state index contributed by atoms with van der Waals surface area (Å²) in [5, 5.41) is 13.3. The maximum absolute atomic E-state index is 13.3. The Morgan fingerprint density at radius 3 is 2.50 bits per heavy atom. The number of hydrogen-bond donors (Lipinski definition) is 3. The van der Waals surface area contributed by atoms with Crippen molar-refractivity contribution in [2.45, 2.75) is 19.4 Å². The maximum atomic E-state index is 13.3. The number of halogens is 3. The zero-order chi connectivity index (χ0) is 13.1. The largest absolute Gasteiger partial charge is 0.505 e. The van der Waals surface area contributed by atoms with Gasteiger partial charge in [-0.1, -0.05) is 13.0 Å². The smallest absolute Gasteiger partial charge is 0.149 e. The van der Waals surface area contributed by atoms with E-state index in [-0.39, 0.29) is 42.3 Å². The van der Waals surface area contributed by atoms with Gasteiger partial charge in [0.15, 0.2) is 0 Å². The summed E-state index contributed by atoms with van der Waals surface area (Å²) in [6.45, 7) is 5.79. The van der Waals surface area contributed by atoms with E-state index in [4.69, 9.17) is 5.73 Å². The van der Waals surface area contributed by atoms with E-state index in [2.05, 4.69) is 17.1 Å². The first-order valence-corrected chi connectivity index (χ1v) is 6.36. The lowest BCUT2D eigenvalue weighted by molar-refractivity contribution is 0.167. The molecule has 1 aromatic rings. The molecule has 0 spiro atoms. The van der Waals surface area contributed by atoms with Gasteiger partial charge in [-0.3, -0.25) is 4.90 Å². The van der Waals surface area contributed by atoms with Crippen molar-refractivity contribution < 1.29 is 9.50 Å². The number of nitrogens with one attached hydrogen (secondary N) is 1. The van der Waals surface area contributed by atoms with Gasteiger partial charge in [-0.25, -0.2) is 4.39 Å². The minimum Gasteiger partial charge on any atom is -0.505 e. The molecule has 0 saturated carbocycles. The molecule has 2 rings (SSSR count). The number of phenols is 1. The SMILES string of the molecule is CC[C@H](c1ccc(F)c(N)c1O)N1CCNCC1.Cl.Cl. The third kappa shape index (κ3) is 3.88. The van der Waals surface area contributed by atoms with E-state index in [1.807, 2.05) is 0 Å². The first kappa shape index (κ1) is 19.2. The van der Waals surface area contributed by atoms with Gasteiger partial charge in [0.05, 0.1) is 0 Å². The van der Waals surface area contributed by atoms with Crippen molar-refractivity contribution in [1.29, 1.82) is 0 Å². The number of nitrogens with two attached hydrogens (primary N) is 1. The average Bonchev–Trinajstić information content (AvgIpc) is 2.41. The van der Waals surface area contributed by atoms with Gasteiger partial charge in [0.2, 0.25) is 0 Å². The Bertz CT molecular complexity index is 428. The quantitative estimate of drug-likeness (QED) is 0.589. The fourth-order valence-corrected chi connectivity index (χ4v) is 2.54. The van der Waals surface area contributed by atoms with E-state index >= 15 is 0 Å². The highest BCUT2D eigenvalue weighted by Crippen LogP contribution is 2.36. The van der Waals surface area contributed by atoms with Crippen LogP contribution in [0.15, 0.2) is 12.1 Å². The van der Waals surface area contributed by atoms with Crippen molar-refractivity contribution in [3.8, 4) is 5.75 Å². The molecular formula is C13H22Cl2FN3O. The molecule has 0 aliphatic carbocycles. The lowest BCUT2D eigenvalue weighted by Crippen LogP contribution is -2.45. The number of hydrogen-bond acceptors (Lipinski definition) is 4. The average molecular weight is 326 g/mol. The summed E-state index contributed by atoms with van der Waals surface area (Å²) in [6, 6.07) is 3.06. The normalized spacial score (nSPS) is 16.9. The van der Waals surface area contributed by atoms with Crippen LogP contribution < -0.4 is 11.1 Å². The minimum atomic E-state index is -0.564. The number of anilines is 1. The minimum absolute atomic E-state index is 0. The summed E-state index contributed by atoms with van der Waals surface area (Å²) < 4.78 is 13.3. The van der Waals surface area contributed by atoms with Gasteiger partial charge in [-0.15, -0.1) is 24.8 Å². The summed E-state index contributed by atoms with van der Waals surface area (Å²) in [5.41, 5.74) is 6.12. The predicted molar refractivity (Wildman–Crippen MR) is 84.4 cm³/mol. The van der Waals surface area contributed by atoms with Gasteiger partial charge in [0, 0.05) is 37.8 Å². The number of phenolic OH excluding ortho intramolecular Hbond substituents is 1. The Kier molecular flexibility index (Phi) is 8.20. The lowest BCUT2D eigenvalue weighted by Gasteiger charge is -2.35. The molecule has 4 N–H and O–H groups in total. The zero-order valence-electron chi connectivity index (χ0n) is 11.4. The highest BCUT2D eigenvalue weighted by Gasteiger charge is 2.24. The maximum Gasteiger partial charge on any atom is 0.149 e. The molecule has 0 unspecified atom stereocenters. The van der Waals surface area contributed by atoms with E-state index in [9.17, 15) is 9.50 Å². The molecule has 20 heavy (non-hydrogen) atoms. The Labute approximate surface area is 131 Å². The van der Waals surface area contributed by atoms with Crippen molar-refractivity contribution in [2.75, 3.05) is 31.9 Å². The molecule has 0 aromatic heterocycles. The number of benzene rings is 1. The summed E-state index contributed by atoms with van der Waals surface area (Å²) in [5.74, 6) is -0.674. The molecule has 0 bridgehead atoms. The summed E-state index contributed by atoms with van der Waals surface area (Å²) >= 11 is 0. The van der Waals surface area contributed by atoms with Crippen LogP contribution in [0.4, 0.5) is 10.1 Å². The van der Waals surface area contributed by atoms with Gasteiger partial charge in [0.1, 0.15) is 17.3 Å². The molecular weight excluding hydrogens is 304 g/mol. The van der Waals surface area contributed by atoms with Crippen LogP contribution in [0.1, 0.15) is 24.9 Å². The van der Waals surface area contributed by atoms with Crippen molar-refractivity contribution >= 4 is 30.5 Å².